The summed E-state index contributed by atoms with van der Waals surface area (Å²) in [6.07, 6.45) is 0. The van der Waals surface area contributed by atoms with E-state index in [1.807, 2.05) is 19.1 Å². The van der Waals surface area contributed by atoms with Crippen molar-refractivity contribution in [2.75, 3.05) is 24.4 Å². The molecular weight excluding hydrogens is 320 g/mol. The predicted octanol–water partition coefficient (Wildman–Crippen LogP) is 2.76. The van der Waals surface area contributed by atoms with Crippen LogP contribution in [0.2, 0.25) is 0 Å². The van der Waals surface area contributed by atoms with E-state index in [2.05, 4.69) is 5.32 Å². The number of anilines is 2. The number of carbonyl (C=O) groups is 2. The fourth-order valence-corrected chi connectivity index (χ4v) is 2.80. The Kier molecular flexibility index (Phi) is 4.12. The monoisotopic (exact) mass is 340 g/mol. The minimum Gasteiger partial charge on any atom is -0.495 e. The van der Waals surface area contributed by atoms with Crippen molar-refractivity contribution in [3.05, 3.63) is 48.0 Å². The number of ether oxygens (including phenoxy) is 2. The number of hydrogen-bond donors (Lipinski definition) is 1. The van der Waals surface area contributed by atoms with Gasteiger partial charge in [-0.3, -0.25) is 9.59 Å². The second-order valence-corrected chi connectivity index (χ2v) is 6.13. The molecule has 0 spiro atoms. The maximum atomic E-state index is 12.9. The molecule has 2 aromatic rings. The van der Waals surface area contributed by atoms with Gasteiger partial charge in [-0.05, 0) is 43.7 Å². The van der Waals surface area contributed by atoms with E-state index < -0.39 is 17.4 Å². The van der Waals surface area contributed by atoms with Gasteiger partial charge in [0.1, 0.15) is 11.5 Å². The second kappa shape index (κ2) is 6.12. The topological polar surface area (TPSA) is 67.9 Å². The molecule has 25 heavy (non-hydrogen) atoms. The molecule has 0 radical (unpaired) electrons. The van der Waals surface area contributed by atoms with Crippen LogP contribution in [0.5, 0.6) is 11.5 Å². The molecule has 6 nitrogen and oxygen atoms in total. The van der Waals surface area contributed by atoms with E-state index >= 15 is 0 Å². The average Bonchev–Trinajstić information content (AvgIpc) is 2.61. The van der Waals surface area contributed by atoms with Crippen molar-refractivity contribution in [2.45, 2.75) is 19.4 Å². The molecule has 1 atom stereocenters. The van der Waals surface area contributed by atoms with Crippen LogP contribution >= 0.6 is 0 Å². The maximum Gasteiger partial charge on any atom is 0.280 e. The first kappa shape index (κ1) is 16.8. The molecule has 0 saturated carbocycles. The van der Waals surface area contributed by atoms with E-state index in [4.69, 9.17) is 9.47 Å². The average molecular weight is 340 g/mol. The molecule has 0 aliphatic carbocycles. The summed E-state index contributed by atoms with van der Waals surface area (Å²) in [5.41, 5.74) is 0.458. The van der Waals surface area contributed by atoms with Gasteiger partial charge in [-0.1, -0.05) is 18.2 Å². The van der Waals surface area contributed by atoms with E-state index in [9.17, 15) is 9.59 Å². The van der Waals surface area contributed by atoms with Crippen molar-refractivity contribution in [1.82, 2.24) is 0 Å². The number of likely N-dealkylation sites (N-methyl/N-ethyl adjacent to an activating group) is 1. The van der Waals surface area contributed by atoms with E-state index in [1.165, 1.54) is 18.9 Å². The number of nitrogens with one attached hydrogen (secondary N) is 1. The molecule has 0 saturated heterocycles. The van der Waals surface area contributed by atoms with E-state index in [0.717, 1.165) is 5.56 Å². The smallest absolute Gasteiger partial charge is 0.280 e. The number of aryl methyl sites for hydroxylation is 1. The van der Waals surface area contributed by atoms with Crippen LogP contribution in [0.25, 0.3) is 0 Å². The van der Waals surface area contributed by atoms with Crippen LogP contribution in [0.1, 0.15) is 12.5 Å². The van der Waals surface area contributed by atoms with Crippen LogP contribution in [-0.2, 0) is 9.59 Å². The minimum absolute atomic E-state index is 0.432. The van der Waals surface area contributed by atoms with Crippen molar-refractivity contribution in [3.63, 3.8) is 0 Å². The molecule has 2 amide bonds. The Hall–Kier alpha value is -3.02. The first-order valence-corrected chi connectivity index (χ1v) is 7.89. The van der Waals surface area contributed by atoms with Gasteiger partial charge >= 0.3 is 0 Å². The molecule has 3 rings (SSSR count). The van der Waals surface area contributed by atoms with Gasteiger partial charge in [0, 0.05) is 7.05 Å². The highest BCUT2D eigenvalue weighted by atomic mass is 16.5. The molecule has 1 aliphatic heterocycles. The molecule has 1 unspecified atom stereocenters. The fourth-order valence-electron chi connectivity index (χ4n) is 2.80. The van der Waals surface area contributed by atoms with E-state index in [-0.39, 0.29) is 0 Å². The fraction of sp³-hybridized carbons (Fsp3) is 0.263. The summed E-state index contributed by atoms with van der Waals surface area (Å²) in [5, 5.41) is 2.73. The zero-order chi connectivity index (χ0) is 18.2. The SMILES string of the molecule is COc1ccccc1NC(=O)C1(C)Oc2ccc(C)cc2N(C)C1=O. The lowest BCUT2D eigenvalue weighted by molar-refractivity contribution is -0.144. The molecular formula is C19H20N2O4. The lowest BCUT2D eigenvalue weighted by atomic mass is 9.99. The predicted molar refractivity (Wildman–Crippen MR) is 95.2 cm³/mol. The third-order valence-electron chi connectivity index (χ3n) is 4.29. The third kappa shape index (κ3) is 2.80. The number of fused-ring (bicyclic) bond motifs is 1. The van der Waals surface area contributed by atoms with Crippen molar-refractivity contribution in [1.29, 1.82) is 0 Å². The number of rotatable bonds is 3. The van der Waals surface area contributed by atoms with Gasteiger partial charge in [0.15, 0.2) is 0 Å². The Morgan fingerprint density at radius 2 is 1.96 bits per heavy atom. The number of hydrogen-bond acceptors (Lipinski definition) is 4. The van der Waals surface area contributed by atoms with Gasteiger partial charge in [0.25, 0.3) is 17.4 Å². The second-order valence-electron chi connectivity index (χ2n) is 6.13. The van der Waals surface area contributed by atoms with Gasteiger partial charge in [0.05, 0.1) is 18.5 Å². The number of benzene rings is 2. The molecule has 130 valence electrons. The largest absolute Gasteiger partial charge is 0.495 e. The molecule has 6 heteroatoms. The molecule has 2 aromatic carbocycles. The zero-order valence-corrected chi connectivity index (χ0v) is 14.6. The summed E-state index contributed by atoms with van der Waals surface area (Å²) in [6, 6.07) is 12.5. The van der Waals surface area contributed by atoms with Crippen molar-refractivity contribution in [3.8, 4) is 11.5 Å². The van der Waals surface area contributed by atoms with Crippen LogP contribution in [-0.4, -0.2) is 31.6 Å². The Labute approximate surface area is 146 Å². The van der Waals surface area contributed by atoms with Crippen LogP contribution in [0.15, 0.2) is 42.5 Å². The summed E-state index contributed by atoms with van der Waals surface area (Å²) >= 11 is 0. The lowest BCUT2D eigenvalue weighted by Gasteiger charge is -2.38. The first-order valence-electron chi connectivity index (χ1n) is 7.89. The van der Waals surface area contributed by atoms with E-state index in [0.29, 0.717) is 22.9 Å². The van der Waals surface area contributed by atoms with Crippen LogP contribution in [0.3, 0.4) is 0 Å². The number of para-hydroxylation sites is 2. The van der Waals surface area contributed by atoms with Crippen molar-refractivity contribution < 1.29 is 19.1 Å². The highest BCUT2D eigenvalue weighted by Gasteiger charge is 2.49. The Bertz CT molecular complexity index is 849. The third-order valence-corrected chi connectivity index (χ3v) is 4.29. The molecule has 1 heterocycles. The van der Waals surface area contributed by atoms with Crippen LogP contribution in [0.4, 0.5) is 11.4 Å². The zero-order valence-electron chi connectivity index (χ0n) is 14.6. The molecule has 1 N–H and O–H groups in total. The normalized spacial score (nSPS) is 19.0. The number of carbonyl (C=O) groups excluding carboxylic acids is 2. The molecule has 0 aromatic heterocycles. The highest BCUT2D eigenvalue weighted by Crippen LogP contribution is 2.38. The maximum absolute atomic E-state index is 12.9. The summed E-state index contributed by atoms with van der Waals surface area (Å²) in [6.45, 7) is 3.40. The van der Waals surface area contributed by atoms with Crippen molar-refractivity contribution in [2.24, 2.45) is 0 Å². The molecule has 1 aliphatic rings. The Balaban J connectivity index is 1.94. The summed E-state index contributed by atoms with van der Waals surface area (Å²) in [7, 11) is 3.15. The number of nitrogens with zero attached hydrogens (tertiary/aromatic N) is 1. The van der Waals surface area contributed by atoms with Crippen LogP contribution in [0, 0.1) is 6.92 Å². The highest BCUT2D eigenvalue weighted by molar-refractivity contribution is 6.19. The summed E-state index contributed by atoms with van der Waals surface area (Å²) in [5.74, 6) is 0.00976. The standard InChI is InChI=1S/C19H20N2O4/c1-12-9-10-16-14(11-12)21(3)18(23)19(2,25-16)17(22)20-13-7-5-6-8-15(13)24-4/h5-11H,1-4H3,(H,20,22). The summed E-state index contributed by atoms with van der Waals surface area (Å²) < 4.78 is 11.1. The van der Waals surface area contributed by atoms with Gasteiger partial charge < -0.3 is 19.7 Å². The van der Waals surface area contributed by atoms with Gasteiger partial charge in [-0.2, -0.15) is 0 Å². The Morgan fingerprint density at radius 1 is 1.24 bits per heavy atom. The Morgan fingerprint density at radius 3 is 2.68 bits per heavy atom. The molecule has 0 bridgehead atoms. The van der Waals surface area contributed by atoms with Gasteiger partial charge in [-0.15, -0.1) is 0 Å². The first-order chi connectivity index (χ1) is 11.9. The van der Waals surface area contributed by atoms with Gasteiger partial charge in [0.2, 0.25) is 0 Å². The quantitative estimate of drug-likeness (QED) is 0.873. The lowest BCUT2D eigenvalue weighted by Crippen LogP contribution is -2.59. The molecule has 0 fully saturated rings. The van der Waals surface area contributed by atoms with E-state index in [1.54, 1.807) is 37.4 Å². The minimum atomic E-state index is -1.67. The van der Waals surface area contributed by atoms with Gasteiger partial charge in [-0.25, -0.2) is 0 Å². The van der Waals surface area contributed by atoms with Crippen LogP contribution < -0.4 is 19.7 Å². The van der Waals surface area contributed by atoms with Crippen molar-refractivity contribution >= 4 is 23.2 Å². The number of amides is 2. The number of methoxy groups -OCH3 is 1. The summed E-state index contributed by atoms with van der Waals surface area (Å²) in [4.78, 5) is 27.1.